The van der Waals surface area contributed by atoms with E-state index in [0.29, 0.717) is 11.3 Å². The lowest BCUT2D eigenvalue weighted by Gasteiger charge is -2.30. The van der Waals surface area contributed by atoms with Crippen LogP contribution in [0, 0.1) is 22.7 Å². The smallest absolute Gasteiger partial charge is 0.109 e. The molecule has 0 amide bonds. The van der Waals surface area contributed by atoms with Gasteiger partial charge in [-0.2, -0.15) is 5.26 Å². The molecule has 3 heteroatoms. The van der Waals surface area contributed by atoms with Gasteiger partial charge in [0.2, 0.25) is 0 Å². The number of ether oxygens (including phenoxy) is 1. The van der Waals surface area contributed by atoms with Crippen LogP contribution in [-0.4, -0.2) is 25.3 Å². The van der Waals surface area contributed by atoms with E-state index in [2.05, 4.69) is 39.1 Å². The van der Waals surface area contributed by atoms with Crippen molar-refractivity contribution in [1.82, 2.24) is 5.32 Å². The summed E-state index contributed by atoms with van der Waals surface area (Å²) in [5.74, 6) is 0.452. The Kier molecular flexibility index (Phi) is 6.99. The van der Waals surface area contributed by atoms with Crippen LogP contribution in [0.25, 0.3) is 0 Å². The molecule has 1 saturated carbocycles. The number of hydrogen-bond donors (Lipinski definition) is 1. The van der Waals surface area contributed by atoms with Gasteiger partial charge in [-0.3, -0.25) is 5.32 Å². The van der Waals surface area contributed by atoms with Crippen LogP contribution in [-0.2, 0) is 4.74 Å². The van der Waals surface area contributed by atoms with Gasteiger partial charge < -0.3 is 4.74 Å². The molecule has 0 heterocycles. The molecule has 0 spiro atoms. The second-order valence-corrected chi connectivity index (χ2v) is 7.31. The minimum Gasteiger partial charge on any atom is -0.381 e. The standard InChI is InChI=1S/C17H32N2O/c1-5-11-19-17(14-18)9-6-7-15(17)8-12-20-13-10-16(2,3)4/h15,19H,5-13H2,1-4H3. The quantitative estimate of drug-likeness (QED) is 0.686. The number of nitriles is 1. The van der Waals surface area contributed by atoms with Crippen molar-refractivity contribution in [2.45, 2.75) is 71.8 Å². The SMILES string of the molecule is CCCNC1(C#N)CCCC1CCOCCC(C)(C)C. The van der Waals surface area contributed by atoms with Crippen molar-refractivity contribution >= 4 is 0 Å². The van der Waals surface area contributed by atoms with Crippen molar-refractivity contribution < 1.29 is 4.74 Å². The van der Waals surface area contributed by atoms with Crippen LogP contribution in [0.3, 0.4) is 0 Å². The first-order valence-corrected chi connectivity index (χ1v) is 8.17. The monoisotopic (exact) mass is 280 g/mol. The maximum absolute atomic E-state index is 9.57. The highest BCUT2D eigenvalue weighted by Gasteiger charge is 2.42. The average Bonchev–Trinajstić information content (AvgIpc) is 2.78. The molecule has 1 fully saturated rings. The van der Waals surface area contributed by atoms with Gasteiger partial charge in [-0.1, -0.05) is 34.1 Å². The van der Waals surface area contributed by atoms with Crippen molar-refractivity contribution in [3.8, 4) is 6.07 Å². The lowest BCUT2D eigenvalue weighted by Crippen LogP contribution is -2.47. The Labute approximate surface area is 125 Å². The Morgan fingerprint density at radius 2 is 2.10 bits per heavy atom. The number of rotatable bonds is 8. The van der Waals surface area contributed by atoms with Crippen LogP contribution in [0.15, 0.2) is 0 Å². The molecule has 2 atom stereocenters. The highest BCUT2D eigenvalue weighted by atomic mass is 16.5. The van der Waals surface area contributed by atoms with E-state index < -0.39 is 0 Å². The summed E-state index contributed by atoms with van der Waals surface area (Å²) in [6.45, 7) is 11.4. The highest BCUT2D eigenvalue weighted by molar-refractivity contribution is 5.13. The zero-order valence-corrected chi connectivity index (χ0v) is 13.8. The molecular weight excluding hydrogens is 248 g/mol. The predicted octanol–water partition coefficient (Wildman–Crippen LogP) is 3.89. The summed E-state index contributed by atoms with van der Waals surface area (Å²) in [6, 6.07) is 2.56. The van der Waals surface area contributed by atoms with E-state index >= 15 is 0 Å². The van der Waals surface area contributed by atoms with Crippen molar-refractivity contribution in [1.29, 1.82) is 5.26 Å². The fraction of sp³-hybridized carbons (Fsp3) is 0.941. The van der Waals surface area contributed by atoms with Crippen LogP contribution in [0.5, 0.6) is 0 Å². The third kappa shape index (κ3) is 5.42. The topological polar surface area (TPSA) is 45.0 Å². The van der Waals surface area contributed by atoms with Gasteiger partial charge in [0.05, 0.1) is 6.07 Å². The summed E-state index contributed by atoms with van der Waals surface area (Å²) in [5, 5.41) is 13.1. The van der Waals surface area contributed by atoms with Gasteiger partial charge in [0.1, 0.15) is 5.54 Å². The van der Waals surface area contributed by atoms with Gasteiger partial charge in [-0.05, 0) is 50.0 Å². The fourth-order valence-corrected chi connectivity index (χ4v) is 2.94. The van der Waals surface area contributed by atoms with E-state index in [9.17, 15) is 5.26 Å². The second kappa shape index (κ2) is 8.00. The zero-order chi connectivity index (χ0) is 15.1. The molecule has 0 aromatic heterocycles. The molecule has 20 heavy (non-hydrogen) atoms. The van der Waals surface area contributed by atoms with E-state index in [4.69, 9.17) is 4.74 Å². The third-order valence-corrected chi connectivity index (χ3v) is 4.32. The molecule has 3 nitrogen and oxygen atoms in total. The molecular formula is C17H32N2O. The maximum Gasteiger partial charge on any atom is 0.109 e. The summed E-state index contributed by atoms with van der Waals surface area (Å²) in [7, 11) is 0. The summed E-state index contributed by atoms with van der Waals surface area (Å²) in [6.07, 6.45) is 6.50. The number of hydrogen-bond acceptors (Lipinski definition) is 3. The van der Waals surface area contributed by atoms with Gasteiger partial charge >= 0.3 is 0 Å². The molecule has 2 unspecified atom stereocenters. The molecule has 0 aliphatic heterocycles. The van der Waals surface area contributed by atoms with E-state index in [1.54, 1.807) is 0 Å². The first kappa shape index (κ1) is 17.5. The normalized spacial score (nSPS) is 26.6. The van der Waals surface area contributed by atoms with Crippen molar-refractivity contribution in [2.75, 3.05) is 19.8 Å². The second-order valence-electron chi connectivity index (χ2n) is 7.31. The first-order valence-electron chi connectivity index (χ1n) is 8.17. The van der Waals surface area contributed by atoms with Crippen LogP contribution >= 0.6 is 0 Å². The zero-order valence-electron chi connectivity index (χ0n) is 13.8. The number of nitrogens with one attached hydrogen (secondary N) is 1. The van der Waals surface area contributed by atoms with Gasteiger partial charge in [0, 0.05) is 13.2 Å². The minimum absolute atomic E-state index is 0.288. The third-order valence-electron chi connectivity index (χ3n) is 4.32. The van der Waals surface area contributed by atoms with Crippen molar-refractivity contribution in [3.05, 3.63) is 0 Å². The molecule has 1 N–H and O–H groups in total. The molecule has 0 bridgehead atoms. The Hall–Kier alpha value is -0.590. The summed E-state index contributed by atoms with van der Waals surface area (Å²) in [4.78, 5) is 0. The maximum atomic E-state index is 9.57. The highest BCUT2D eigenvalue weighted by Crippen LogP contribution is 2.37. The van der Waals surface area contributed by atoms with E-state index in [0.717, 1.165) is 58.3 Å². The average molecular weight is 280 g/mol. The molecule has 1 aliphatic carbocycles. The first-order chi connectivity index (χ1) is 9.43. The fourth-order valence-electron chi connectivity index (χ4n) is 2.94. The van der Waals surface area contributed by atoms with Gasteiger partial charge in [0.15, 0.2) is 0 Å². The Balaban J connectivity index is 2.33. The largest absolute Gasteiger partial charge is 0.381 e. The molecule has 116 valence electrons. The molecule has 0 saturated heterocycles. The molecule has 1 rings (SSSR count). The Morgan fingerprint density at radius 3 is 2.70 bits per heavy atom. The van der Waals surface area contributed by atoms with Crippen LogP contribution in [0.1, 0.15) is 66.2 Å². The van der Waals surface area contributed by atoms with E-state index in [-0.39, 0.29) is 5.54 Å². The summed E-state index contributed by atoms with van der Waals surface area (Å²) in [5.41, 5.74) is 0.0514. The number of nitrogens with zero attached hydrogens (tertiary/aromatic N) is 1. The summed E-state index contributed by atoms with van der Waals surface area (Å²) < 4.78 is 5.78. The van der Waals surface area contributed by atoms with Crippen LogP contribution in [0.2, 0.25) is 0 Å². The Morgan fingerprint density at radius 1 is 1.35 bits per heavy atom. The molecule has 0 radical (unpaired) electrons. The van der Waals surface area contributed by atoms with Gasteiger partial charge in [0.25, 0.3) is 0 Å². The van der Waals surface area contributed by atoms with Crippen molar-refractivity contribution in [3.63, 3.8) is 0 Å². The minimum atomic E-state index is -0.288. The Bertz CT molecular complexity index is 316. The van der Waals surface area contributed by atoms with Crippen molar-refractivity contribution in [2.24, 2.45) is 11.3 Å². The van der Waals surface area contributed by atoms with E-state index in [1.165, 1.54) is 0 Å². The molecule has 0 aromatic rings. The molecule has 0 aromatic carbocycles. The predicted molar refractivity (Wildman–Crippen MR) is 83.5 cm³/mol. The van der Waals surface area contributed by atoms with Gasteiger partial charge in [-0.15, -0.1) is 0 Å². The lowest BCUT2D eigenvalue weighted by molar-refractivity contribution is 0.0908. The van der Waals surface area contributed by atoms with Crippen LogP contribution in [0.4, 0.5) is 0 Å². The lowest BCUT2D eigenvalue weighted by atomic mass is 9.86. The summed E-state index contributed by atoms with van der Waals surface area (Å²) >= 11 is 0. The van der Waals surface area contributed by atoms with E-state index in [1.807, 2.05) is 0 Å². The molecule has 1 aliphatic rings. The van der Waals surface area contributed by atoms with Gasteiger partial charge in [-0.25, -0.2) is 0 Å². The van der Waals surface area contributed by atoms with Crippen LogP contribution < -0.4 is 5.32 Å².